The van der Waals surface area contributed by atoms with Crippen LogP contribution < -0.4 is 0 Å². The number of pyridine rings is 1. The van der Waals surface area contributed by atoms with Crippen LogP contribution in [0.3, 0.4) is 0 Å². The van der Waals surface area contributed by atoms with Crippen LogP contribution in [-0.4, -0.2) is 40.5 Å². The molecule has 9 heteroatoms. The van der Waals surface area contributed by atoms with Gasteiger partial charge in [-0.3, -0.25) is 4.79 Å². The number of aromatic nitrogens is 3. The molecule has 0 radical (unpaired) electrons. The van der Waals surface area contributed by atoms with E-state index in [1.54, 1.807) is 41.1 Å². The zero-order chi connectivity index (χ0) is 23.9. The van der Waals surface area contributed by atoms with Gasteiger partial charge in [-0.1, -0.05) is 18.2 Å². The summed E-state index contributed by atoms with van der Waals surface area (Å²) < 4.78 is 38.6. The van der Waals surface area contributed by atoms with Crippen molar-refractivity contribution in [3.8, 4) is 23.1 Å². The molecule has 1 aliphatic heterocycles. The van der Waals surface area contributed by atoms with E-state index in [1.165, 1.54) is 12.1 Å². The van der Waals surface area contributed by atoms with E-state index < -0.39 is 15.7 Å². The van der Waals surface area contributed by atoms with Crippen LogP contribution in [0.15, 0.2) is 60.8 Å². The van der Waals surface area contributed by atoms with Gasteiger partial charge in [0.2, 0.25) is 0 Å². The van der Waals surface area contributed by atoms with Crippen molar-refractivity contribution in [1.29, 1.82) is 5.26 Å². The molecule has 1 atom stereocenters. The van der Waals surface area contributed by atoms with Crippen molar-refractivity contribution in [1.82, 2.24) is 14.8 Å². The van der Waals surface area contributed by atoms with Gasteiger partial charge >= 0.3 is 0 Å². The number of fused-ring (bicyclic) bond motifs is 1. The normalized spacial score (nSPS) is 17.0. The second-order valence-electron chi connectivity index (χ2n) is 8.42. The predicted octanol–water partition coefficient (Wildman–Crippen LogP) is 4.11. The molecule has 1 aliphatic rings. The first-order chi connectivity index (χ1) is 16.3. The van der Waals surface area contributed by atoms with Gasteiger partial charge in [-0.05, 0) is 48.7 Å². The summed E-state index contributed by atoms with van der Waals surface area (Å²) in [6.07, 6.45) is 1.74. The maximum absolute atomic E-state index is 13.5. The highest BCUT2D eigenvalue weighted by atomic mass is 32.2. The van der Waals surface area contributed by atoms with Crippen LogP contribution in [0.1, 0.15) is 28.8 Å². The highest BCUT2D eigenvalue weighted by Crippen LogP contribution is 2.32. The Hall–Kier alpha value is -3.90. The molecule has 170 valence electrons. The second kappa shape index (κ2) is 8.47. The van der Waals surface area contributed by atoms with Gasteiger partial charge in [0.15, 0.2) is 21.4 Å². The molecule has 0 aliphatic carbocycles. The van der Waals surface area contributed by atoms with Gasteiger partial charge in [-0.2, -0.15) is 10.4 Å². The number of benzene rings is 2. The number of nitriles is 1. The lowest BCUT2D eigenvalue weighted by Gasteiger charge is -2.08. The fraction of sp³-hybridized carbons (Fsp3) is 0.200. The Bertz CT molecular complexity index is 1570. The molecule has 0 saturated carbocycles. The number of sulfone groups is 1. The Balaban J connectivity index is 1.60. The minimum absolute atomic E-state index is 0.0395. The quantitative estimate of drug-likeness (QED) is 0.403. The number of carbonyl (C=O) groups excluding carboxylic acids is 1. The third-order valence-corrected chi connectivity index (χ3v) is 7.83. The van der Waals surface area contributed by atoms with Gasteiger partial charge in [0.25, 0.3) is 0 Å². The van der Waals surface area contributed by atoms with Crippen molar-refractivity contribution < 1.29 is 17.6 Å². The maximum atomic E-state index is 13.5. The van der Waals surface area contributed by atoms with Crippen LogP contribution in [0.2, 0.25) is 0 Å². The lowest BCUT2D eigenvalue weighted by molar-refractivity contribution is 0.0966. The molecular weight excluding hydrogens is 455 g/mol. The minimum Gasteiger partial charge on any atom is -0.294 e. The predicted molar refractivity (Wildman–Crippen MR) is 125 cm³/mol. The molecule has 0 N–H and O–H groups in total. The third-order valence-electron chi connectivity index (χ3n) is 6.00. The maximum Gasteiger partial charge on any atom is 0.163 e. The fourth-order valence-electron chi connectivity index (χ4n) is 4.32. The molecule has 3 heterocycles. The molecule has 7 nitrogen and oxygen atoms in total. The Morgan fingerprint density at radius 3 is 2.74 bits per heavy atom. The molecule has 2 aromatic carbocycles. The van der Waals surface area contributed by atoms with E-state index in [9.17, 15) is 22.9 Å². The van der Waals surface area contributed by atoms with E-state index in [2.05, 4.69) is 16.2 Å². The number of carbonyl (C=O) groups is 1. The lowest BCUT2D eigenvalue weighted by atomic mass is 9.96. The summed E-state index contributed by atoms with van der Waals surface area (Å²) in [6.45, 7) is 0. The monoisotopic (exact) mass is 474 g/mol. The SMILES string of the molecule is N#Cc1cccc(-c2nn(-c3ccc(F)cn3)c3cc(C(=O)CC4CCS(=O)(=O)C4)ccc23)c1. The van der Waals surface area contributed by atoms with Gasteiger partial charge in [0.05, 0.1) is 34.9 Å². The molecule has 34 heavy (non-hydrogen) atoms. The van der Waals surface area contributed by atoms with Crippen LogP contribution in [0.5, 0.6) is 0 Å². The van der Waals surface area contributed by atoms with Crippen molar-refractivity contribution in [3.05, 3.63) is 77.7 Å². The van der Waals surface area contributed by atoms with Crippen LogP contribution in [0, 0.1) is 23.1 Å². The first-order valence-corrected chi connectivity index (χ1v) is 12.5. The minimum atomic E-state index is -3.07. The van der Waals surface area contributed by atoms with Crippen molar-refractivity contribution in [3.63, 3.8) is 0 Å². The first kappa shape index (κ1) is 21.9. The van der Waals surface area contributed by atoms with E-state index in [0.29, 0.717) is 34.6 Å². The summed E-state index contributed by atoms with van der Waals surface area (Å²) in [4.78, 5) is 17.1. The summed E-state index contributed by atoms with van der Waals surface area (Å²) in [6, 6.07) is 17.1. The summed E-state index contributed by atoms with van der Waals surface area (Å²) in [5, 5.41) is 14.7. The molecule has 2 aromatic heterocycles. The van der Waals surface area contributed by atoms with Crippen LogP contribution in [0.25, 0.3) is 28.0 Å². The number of Topliss-reactive ketones (excluding diaryl/α,β-unsaturated/α-hetero) is 1. The Kier molecular flexibility index (Phi) is 5.46. The highest BCUT2D eigenvalue weighted by molar-refractivity contribution is 7.91. The highest BCUT2D eigenvalue weighted by Gasteiger charge is 2.30. The second-order valence-corrected chi connectivity index (χ2v) is 10.6. The third kappa shape index (κ3) is 4.20. The van der Waals surface area contributed by atoms with E-state index in [0.717, 1.165) is 17.1 Å². The first-order valence-electron chi connectivity index (χ1n) is 10.7. The molecule has 5 rings (SSSR count). The molecular formula is C25H19FN4O3S. The number of rotatable bonds is 5. The molecule has 0 bridgehead atoms. The topological polar surface area (TPSA) is 106 Å². The van der Waals surface area contributed by atoms with E-state index in [-0.39, 0.29) is 29.6 Å². The molecule has 0 spiro atoms. The van der Waals surface area contributed by atoms with Gasteiger partial charge in [0.1, 0.15) is 11.5 Å². The summed E-state index contributed by atoms with van der Waals surface area (Å²) in [5.41, 5.74) is 2.84. The fourth-order valence-corrected chi connectivity index (χ4v) is 6.18. The van der Waals surface area contributed by atoms with E-state index in [1.807, 2.05) is 6.07 Å². The summed E-state index contributed by atoms with van der Waals surface area (Å²) >= 11 is 0. The smallest absolute Gasteiger partial charge is 0.163 e. The van der Waals surface area contributed by atoms with Gasteiger partial charge in [0, 0.05) is 22.9 Å². The van der Waals surface area contributed by atoms with Gasteiger partial charge < -0.3 is 0 Å². The van der Waals surface area contributed by atoms with Gasteiger partial charge in [-0.25, -0.2) is 22.5 Å². The number of hydrogen-bond donors (Lipinski definition) is 0. The van der Waals surface area contributed by atoms with E-state index in [4.69, 9.17) is 0 Å². The molecule has 1 unspecified atom stereocenters. The Morgan fingerprint density at radius 1 is 1.18 bits per heavy atom. The lowest BCUT2D eigenvalue weighted by Crippen LogP contribution is -2.11. The summed E-state index contributed by atoms with van der Waals surface area (Å²) in [7, 11) is -3.07. The van der Waals surface area contributed by atoms with Crippen molar-refractivity contribution in [2.75, 3.05) is 11.5 Å². The van der Waals surface area contributed by atoms with Crippen LogP contribution in [-0.2, 0) is 9.84 Å². The van der Waals surface area contributed by atoms with Gasteiger partial charge in [-0.15, -0.1) is 0 Å². The Morgan fingerprint density at radius 2 is 2.03 bits per heavy atom. The average Bonchev–Trinajstić information content (AvgIpc) is 3.38. The van der Waals surface area contributed by atoms with Crippen LogP contribution in [0.4, 0.5) is 4.39 Å². The van der Waals surface area contributed by atoms with Crippen LogP contribution >= 0.6 is 0 Å². The number of nitrogens with zero attached hydrogens (tertiary/aromatic N) is 4. The molecule has 0 amide bonds. The summed E-state index contributed by atoms with van der Waals surface area (Å²) in [5.74, 6) is -0.265. The molecule has 1 saturated heterocycles. The van der Waals surface area contributed by atoms with Crippen molar-refractivity contribution >= 4 is 26.5 Å². The largest absolute Gasteiger partial charge is 0.294 e. The zero-order valence-electron chi connectivity index (χ0n) is 18.0. The standard InChI is InChI=1S/C25H19FN4O3S/c26-20-5-7-24(28-14-20)30-22-12-18(23(31)11-17-8-9-34(32,33)15-17)4-6-21(22)25(29-30)19-3-1-2-16(10-19)13-27/h1-7,10,12,14,17H,8-9,11,15H2. The molecule has 4 aromatic rings. The average molecular weight is 475 g/mol. The number of hydrogen-bond acceptors (Lipinski definition) is 6. The molecule has 1 fully saturated rings. The van der Waals surface area contributed by atoms with Crippen molar-refractivity contribution in [2.24, 2.45) is 5.92 Å². The number of ketones is 1. The van der Waals surface area contributed by atoms with Crippen molar-refractivity contribution in [2.45, 2.75) is 12.8 Å². The number of halogens is 1. The van der Waals surface area contributed by atoms with E-state index >= 15 is 0 Å². The zero-order valence-corrected chi connectivity index (χ0v) is 18.8. The Labute approximate surface area is 195 Å².